The molecule has 67 heavy (non-hydrogen) atoms. The van der Waals surface area contributed by atoms with Crippen molar-refractivity contribution in [1.82, 2.24) is 5.32 Å². The Bertz CT molecular complexity index is 2410. The number of ketones is 2. The van der Waals surface area contributed by atoms with Crippen molar-refractivity contribution in [3.63, 3.8) is 0 Å². The van der Waals surface area contributed by atoms with E-state index in [-0.39, 0.29) is 86.1 Å². The molecule has 0 radical (unpaired) electrons. The zero-order valence-corrected chi connectivity index (χ0v) is 41.5. The highest BCUT2D eigenvalue weighted by molar-refractivity contribution is 8.78. The van der Waals surface area contributed by atoms with Crippen LogP contribution in [0.2, 0.25) is 0 Å². The molecule has 362 valence electrons. The summed E-state index contributed by atoms with van der Waals surface area (Å²) in [4.78, 5) is 26.8. The molecule has 8 atom stereocenters. The first kappa shape index (κ1) is 50.2. The summed E-state index contributed by atoms with van der Waals surface area (Å²) in [5.41, 5.74) is 6.31. The maximum atomic E-state index is 14.7. The molecule has 1 saturated carbocycles. The lowest BCUT2D eigenvalue weighted by molar-refractivity contribution is -0.130. The average molecular weight is 993 g/mol. The fraction of sp³-hybridized carbons (Fsp3) is 0.529. The first-order valence-electron chi connectivity index (χ1n) is 23.5. The van der Waals surface area contributed by atoms with Gasteiger partial charge < -0.3 is 45.4 Å². The van der Waals surface area contributed by atoms with E-state index in [1.165, 1.54) is 14.0 Å². The molecule has 0 aromatic heterocycles. The van der Waals surface area contributed by atoms with Crippen LogP contribution in [0.5, 0.6) is 17.2 Å². The number of fused-ring (bicyclic) bond motifs is 10. The lowest BCUT2D eigenvalue weighted by Crippen LogP contribution is -2.50. The minimum atomic E-state index is -0.744. The van der Waals surface area contributed by atoms with E-state index < -0.39 is 23.2 Å². The van der Waals surface area contributed by atoms with Gasteiger partial charge in [0, 0.05) is 66.2 Å². The number of ether oxygens (including phenoxy) is 2. The predicted octanol–water partition coefficient (Wildman–Crippen LogP) is 8.80. The highest BCUT2D eigenvalue weighted by atomic mass is 33.1. The molecule has 4 aromatic rings. The van der Waals surface area contributed by atoms with Crippen molar-refractivity contribution >= 4 is 71.2 Å². The highest BCUT2D eigenvalue weighted by Crippen LogP contribution is 2.55. The van der Waals surface area contributed by atoms with Crippen molar-refractivity contribution in [2.75, 3.05) is 43.7 Å². The van der Waals surface area contributed by atoms with Gasteiger partial charge in [-0.3, -0.25) is 14.9 Å². The number of carbonyl (C=O) groups is 2. The van der Waals surface area contributed by atoms with Gasteiger partial charge in [-0.1, -0.05) is 67.4 Å². The quantitative estimate of drug-likeness (QED) is 0.0701. The van der Waals surface area contributed by atoms with E-state index in [0.29, 0.717) is 72.6 Å². The number of carbonyl (C=O) groups excluding carboxylic acids is 2. The molecule has 12 nitrogen and oxygen atoms in total. The van der Waals surface area contributed by atoms with Crippen LogP contribution in [0.4, 0.5) is 5.69 Å². The molecule has 8 unspecified atom stereocenters. The van der Waals surface area contributed by atoms with Crippen molar-refractivity contribution in [1.29, 1.82) is 0 Å². The maximum absolute atomic E-state index is 14.7. The maximum Gasteiger partial charge on any atom is 0.168 e. The Hall–Kier alpha value is -3.16. The van der Waals surface area contributed by atoms with Crippen molar-refractivity contribution in [3.05, 3.63) is 82.4 Å². The van der Waals surface area contributed by atoms with Crippen LogP contribution in [-0.4, -0.2) is 104 Å². The summed E-state index contributed by atoms with van der Waals surface area (Å²) in [6.45, 7) is 1.29. The number of rotatable bonds is 10. The number of phenols is 2. The van der Waals surface area contributed by atoms with Crippen LogP contribution >= 0.6 is 43.2 Å². The smallest absolute Gasteiger partial charge is 0.168 e. The average Bonchev–Trinajstić information content (AvgIpc) is 3.31. The van der Waals surface area contributed by atoms with Gasteiger partial charge in [0.2, 0.25) is 0 Å². The van der Waals surface area contributed by atoms with Crippen LogP contribution in [0.15, 0.2) is 54.6 Å². The number of Topliss-reactive ketones (excluding diaryl/α,β-unsaturated/α-hetero) is 2. The summed E-state index contributed by atoms with van der Waals surface area (Å²) in [5, 5.41) is 75.0. The van der Waals surface area contributed by atoms with E-state index in [4.69, 9.17) is 9.47 Å². The molecule has 1 aliphatic carbocycles. The first-order chi connectivity index (χ1) is 32.4. The molecule has 8 N–H and O–H groups in total. The van der Waals surface area contributed by atoms with Gasteiger partial charge in [0.1, 0.15) is 23.5 Å². The highest BCUT2D eigenvalue weighted by Gasteiger charge is 2.47. The Morgan fingerprint density at radius 1 is 0.955 bits per heavy atom. The van der Waals surface area contributed by atoms with E-state index >= 15 is 0 Å². The van der Waals surface area contributed by atoms with Gasteiger partial charge >= 0.3 is 0 Å². The fourth-order valence-electron chi connectivity index (χ4n) is 10.7. The topological polar surface area (TPSA) is 198 Å². The molecule has 16 heteroatoms. The van der Waals surface area contributed by atoms with Crippen LogP contribution in [0.1, 0.15) is 105 Å². The Labute approximate surface area is 408 Å². The largest absolute Gasteiger partial charge is 0.508 e. The minimum Gasteiger partial charge on any atom is -0.508 e. The summed E-state index contributed by atoms with van der Waals surface area (Å²) in [6, 6.07) is 16.7. The van der Waals surface area contributed by atoms with Crippen molar-refractivity contribution in [3.8, 4) is 28.4 Å². The number of nitrogens with one attached hydrogen (secondary N) is 2. The third-order valence-corrected chi connectivity index (χ3v) is 20.3. The summed E-state index contributed by atoms with van der Waals surface area (Å²) in [5.74, 6) is 2.14. The van der Waals surface area contributed by atoms with Crippen LogP contribution in [-0.2, 0) is 33.1 Å². The number of phenolic OH excluding ortho intramolecular Hbond substituents is 2. The van der Waals surface area contributed by atoms with E-state index in [0.717, 1.165) is 57.2 Å². The molecular formula is C51H64N2O10S4. The number of aromatic hydroxyl groups is 2. The standard InChI is InChI=1S/C51H64N2O10S4/c1-29(57)24-52-44-23-40-32(14-17-55)18-35-26-64-66-28-51-15-13-33(20-47(51)61)46(63-50(41(40)19-34(44)25-56)53-43(35)4-3-16-54)22-37(59)10-6-31-8-12-45(60)49(62-2)48(31)38-11-7-30-5-9-36(58)21-39(30)42(38)27-65-67-51/h5,7-9,11-12,19,21,23,32-33,35,43,46-47,50,52-56,58,60-61H,3-4,6,10,13-18,20,22,24-28H2,1-2H3. The molecule has 0 spiro atoms. The molecule has 5 bridgehead atoms. The zero-order chi connectivity index (χ0) is 47.2. The number of methoxy groups -OCH3 is 1. The molecule has 4 aliphatic heterocycles. The van der Waals surface area contributed by atoms with E-state index in [1.54, 1.807) is 61.4 Å². The second-order valence-electron chi connectivity index (χ2n) is 18.6. The second-order valence-corrected chi connectivity index (χ2v) is 23.9. The molecule has 2 saturated heterocycles. The molecular weight excluding hydrogens is 929 g/mol. The van der Waals surface area contributed by atoms with Crippen molar-refractivity contribution < 1.29 is 49.7 Å². The summed E-state index contributed by atoms with van der Waals surface area (Å²) >= 11 is 0. The fourth-order valence-corrected chi connectivity index (χ4v) is 17.6. The zero-order valence-electron chi connectivity index (χ0n) is 38.2. The Morgan fingerprint density at radius 2 is 1.79 bits per heavy atom. The number of hydrogen-bond acceptors (Lipinski definition) is 16. The SMILES string of the molecule is COc1c(O)ccc2c1-c1ccc3ccc(O)cc3c1CSSC13CCC(CC1O)C(CC(=O)CC2)OC1NC(CCCO)C(CSSC3)CC(CCO)c2cc(NCC(C)=O)c(CO)cc21. The van der Waals surface area contributed by atoms with E-state index in [1.807, 2.05) is 36.4 Å². The second kappa shape index (κ2) is 22.7. The Morgan fingerprint density at radius 3 is 2.55 bits per heavy atom. The van der Waals surface area contributed by atoms with Gasteiger partial charge in [0.15, 0.2) is 11.5 Å². The predicted molar refractivity (Wildman–Crippen MR) is 272 cm³/mol. The number of aliphatic hydroxyl groups is 4. The number of hydrogen-bond donors (Lipinski definition) is 8. The Balaban J connectivity index is 1.26. The van der Waals surface area contributed by atoms with E-state index in [9.17, 15) is 40.2 Å². The molecule has 9 rings (SSSR count). The summed E-state index contributed by atoms with van der Waals surface area (Å²) in [6.07, 6.45) is 2.88. The molecule has 0 amide bonds. The molecule has 3 fully saturated rings. The number of aryl methyl sites for hydroxylation is 1. The normalized spacial score (nSPS) is 27.1. The van der Waals surface area contributed by atoms with Gasteiger partial charge in [-0.15, -0.1) is 0 Å². The third-order valence-electron chi connectivity index (χ3n) is 14.3. The third kappa shape index (κ3) is 11.2. The van der Waals surface area contributed by atoms with Gasteiger partial charge in [0.05, 0.1) is 37.2 Å². The summed E-state index contributed by atoms with van der Waals surface area (Å²) in [7, 11) is 8.50. The van der Waals surface area contributed by atoms with E-state index in [2.05, 4.69) is 10.6 Å². The van der Waals surface area contributed by atoms with Crippen molar-refractivity contribution in [2.45, 2.75) is 119 Å². The number of aliphatic hydroxyl groups excluding tert-OH is 4. The molecule has 4 heterocycles. The number of benzene rings is 4. The van der Waals surface area contributed by atoms with Crippen molar-refractivity contribution in [2.24, 2.45) is 11.8 Å². The number of anilines is 1. The van der Waals surface area contributed by atoms with Crippen LogP contribution in [0.3, 0.4) is 0 Å². The van der Waals surface area contributed by atoms with Gasteiger partial charge in [-0.05, 0) is 145 Å². The Kier molecular flexibility index (Phi) is 17.0. The van der Waals surface area contributed by atoms with Crippen LogP contribution in [0.25, 0.3) is 21.9 Å². The van der Waals surface area contributed by atoms with Crippen LogP contribution < -0.4 is 15.4 Å². The monoisotopic (exact) mass is 992 g/mol. The lowest BCUT2D eigenvalue weighted by atomic mass is 9.76. The molecule has 5 aliphatic rings. The van der Waals surface area contributed by atoms with Gasteiger partial charge in [-0.2, -0.15) is 0 Å². The van der Waals surface area contributed by atoms with Gasteiger partial charge in [0.25, 0.3) is 0 Å². The van der Waals surface area contributed by atoms with Crippen LogP contribution in [0, 0.1) is 11.8 Å². The molecule has 4 aromatic carbocycles. The van der Waals surface area contributed by atoms with Gasteiger partial charge in [-0.25, -0.2) is 0 Å². The minimum absolute atomic E-state index is 0.0122. The first-order valence-corrected chi connectivity index (χ1v) is 28.3. The summed E-state index contributed by atoms with van der Waals surface area (Å²) < 4.78 is 12.8. The lowest BCUT2D eigenvalue weighted by Gasteiger charge is -2.46.